The molecule has 0 aliphatic carbocycles. The van der Waals surface area contributed by atoms with Crippen LogP contribution in [0.1, 0.15) is 38.8 Å². The zero-order valence-corrected chi connectivity index (χ0v) is 40.0. The number of rotatable bonds is 10. The van der Waals surface area contributed by atoms with E-state index in [1.54, 1.807) is 29.3 Å². The highest BCUT2D eigenvalue weighted by atomic mass is 35.5. The third-order valence-electron chi connectivity index (χ3n) is 12.1. The summed E-state index contributed by atoms with van der Waals surface area (Å²) in [5.41, 5.74) is 22.4. The maximum Gasteiger partial charge on any atom is 0.496 e. The summed E-state index contributed by atoms with van der Waals surface area (Å²) in [7, 11) is -0.388. The summed E-state index contributed by atoms with van der Waals surface area (Å²) in [6.07, 6.45) is 10.5. The molecule has 0 radical (unpaired) electrons. The van der Waals surface area contributed by atoms with E-state index in [1.165, 1.54) is 11.1 Å². The first-order chi connectivity index (χ1) is 33.9. The molecule has 1 aliphatic heterocycles. The molecule has 0 unspecified atom stereocenters. The first-order valence-electron chi connectivity index (χ1n) is 22.8. The second kappa shape index (κ2) is 20.6. The standard InChI is InChI=1S/C24H20N6.C19H15ClN4.C11H17BN2O2/c25-20-13-19(15-26-16-20)23-28-24(27-14-17-7-3-1-4-8-17)22-21(11-12-30(22)29-23)18-9-5-2-6-10-18;20-19-22-18(21-13-14-7-3-1-4-8-14)17-16(11-12-24(17)23-19)15-9-5-2-6-10-15;1-10(2)11(3,4)16-12(15-10)8-5-9(13)7-14-6-8/h1-13,15-16H,14,25H2,(H,27,28,29);1-12H,13H2,(H,21,22,23);5-7H,13H2,1-4H3. The molecular formula is C54H52BClN12O2. The number of benzene rings is 4. The summed E-state index contributed by atoms with van der Waals surface area (Å²) in [6, 6.07) is 48.6. The molecule has 11 rings (SSSR count). The Labute approximate surface area is 411 Å². The van der Waals surface area contributed by atoms with Gasteiger partial charge in [0.25, 0.3) is 0 Å². The van der Waals surface area contributed by atoms with Crippen LogP contribution in [0.15, 0.2) is 183 Å². The Hall–Kier alpha value is -8.11. The lowest BCUT2D eigenvalue weighted by molar-refractivity contribution is 0.00578. The average Bonchev–Trinajstić information content (AvgIpc) is 4.07. The highest BCUT2D eigenvalue weighted by molar-refractivity contribution is 6.62. The highest BCUT2D eigenvalue weighted by Crippen LogP contribution is 2.37. The molecule has 1 fully saturated rings. The van der Waals surface area contributed by atoms with E-state index in [0.29, 0.717) is 30.3 Å². The van der Waals surface area contributed by atoms with Crippen molar-refractivity contribution < 1.29 is 9.31 Å². The van der Waals surface area contributed by atoms with E-state index in [9.17, 15) is 0 Å². The van der Waals surface area contributed by atoms with Crippen molar-refractivity contribution in [3.8, 4) is 33.6 Å². The third kappa shape index (κ3) is 10.8. The molecule has 7 heterocycles. The van der Waals surface area contributed by atoms with E-state index in [-0.39, 0.29) is 23.6 Å². The summed E-state index contributed by atoms with van der Waals surface area (Å²) in [5.74, 6) is 2.05. The van der Waals surface area contributed by atoms with Crippen LogP contribution in [0.5, 0.6) is 0 Å². The van der Waals surface area contributed by atoms with Crippen LogP contribution in [0.25, 0.3) is 44.7 Å². The lowest BCUT2D eigenvalue weighted by atomic mass is 9.80. The van der Waals surface area contributed by atoms with E-state index < -0.39 is 0 Å². The lowest BCUT2D eigenvalue weighted by Gasteiger charge is -2.32. The Morgan fingerprint density at radius 2 is 1.00 bits per heavy atom. The van der Waals surface area contributed by atoms with Crippen molar-refractivity contribution in [2.24, 2.45) is 0 Å². The van der Waals surface area contributed by atoms with E-state index in [4.69, 9.17) is 42.5 Å². The summed E-state index contributed by atoms with van der Waals surface area (Å²) in [6.45, 7) is 9.41. The minimum Gasteiger partial charge on any atom is -0.399 e. The average molecular weight is 947 g/mol. The van der Waals surface area contributed by atoms with Gasteiger partial charge in [0.2, 0.25) is 5.28 Å². The molecule has 0 spiro atoms. The number of hydrogen-bond acceptors (Lipinski definition) is 12. The largest absolute Gasteiger partial charge is 0.496 e. The van der Waals surface area contributed by atoms with Crippen molar-refractivity contribution in [3.63, 3.8) is 0 Å². The van der Waals surface area contributed by atoms with Crippen molar-refractivity contribution >= 4 is 58.2 Å². The minimum absolute atomic E-state index is 0.216. The maximum absolute atomic E-state index is 6.08. The normalized spacial score (nSPS) is 13.5. The zero-order chi connectivity index (χ0) is 48.7. The van der Waals surface area contributed by atoms with Crippen molar-refractivity contribution in [2.75, 3.05) is 22.1 Å². The van der Waals surface area contributed by atoms with Crippen LogP contribution in [0.3, 0.4) is 0 Å². The summed E-state index contributed by atoms with van der Waals surface area (Å²) >= 11 is 6.08. The number of aromatic nitrogens is 8. The number of pyridine rings is 2. The monoisotopic (exact) mass is 946 g/mol. The predicted octanol–water partition coefficient (Wildman–Crippen LogP) is 10.3. The summed E-state index contributed by atoms with van der Waals surface area (Å²) in [5, 5.41) is 16.1. The number of halogens is 1. The number of nitrogens with zero attached hydrogens (tertiary/aromatic N) is 8. The molecule has 0 amide bonds. The van der Waals surface area contributed by atoms with Gasteiger partial charge in [0.1, 0.15) is 11.0 Å². The lowest BCUT2D eigenvalue weighted by Crippen LogP contribution is -2.41. The van der Waals surface area contributed by atoms with Crippen LogP contribution in [0.4, 0.5) is 23.0 Å². The van der Waals surface area contributed by atoms with Gasteiger partial charge in [-0.25, -0.2) is 14.0 Å². The molecule has 6 N–H and O–H groups in total. The van der Waals surface area contributed by atoms with Crippen LogP contribution in [0.2, 0.25) is 5.28 Å². The number of nitrogens with one attached hydrogen (secondary N) is 2. The SMILES string of the molecule is CC1(C)OB(c2cncc(N)c2)OC1(C)C.Clc1nc(NCc2ccccc2)c2c(-c3ccccc3)ccn2n1.Nc1cncc(-c2nc(NCc3ccccc3)c3c(-c4ccccc4)ccn3n2)c1. The summed E-state index contributed by atoms with van der Waals surface area (Å²) < 4.78 is 15.4. The topological polar surface area (TPSA) is 181 Å². The van der Waals surface area contributed by atoms with Crippen molar-refractivity contribution in [2.45, 2.75) is 52.0 Å². The molecule has 16 heteroatoms. The number of nitrogens with two attached hydrogens (primary N) is 2. The van der Waals surface area contributed by atoms with Gasteiger partial charge in [-0.15, -0.1) is 10.2 Å². The van der Waals surface area contributed by atoms with Gasteiger partial charge in [-0.05, 0) is 85.8 Å². The van der Waals surface area contributed by atoms with E-state index in [2.05, 4.69) is 85.3 Å². The second-order valence-corrected chi connectivity index (χ2v) is 18.0. The number of hydrogen-bond donors (Lipinski definition) is 4. The van der Waals surface area contributed by atoms with Crippen LogP contribution in [-0.2, 0) is 22.4 Å². The molecule has 6 aromatic heterocycles. The fourth-order valence-electron chi connectivity index (χ4n) is 7.82. The third-order valence-corrected chi connectivity index (χ3v) is 12.3. The van der Waals surface area contributed by atoms with Gasteiger partial charge in [0.05, 0.1) is 16.9 Å². The number of fused-ring (bicyclic) bond motifs is 2. The van der Waals surface area contributed by atoms with Crippen LogP contribution in [0, 0.1) is 0 Å². The minimum atomic E-state index is -0.388. The Balaban J connectivity index is 0.000000137. The Kier molecular flexibility index (Phi) is 13.8. The highest BCUT2D eigenvalue weighted by Gasteiger charge is 2.51. The zero-order valence-electron chi connectivity index (χ0n) is 39.2. The molecule has 14 nitrogen and oxygen atoms in total. The molecule has 350 valence electrons. The predicted molar refractivity (Wildman–Crippen MR) is 281 cm³/mol. The van der Waals surface area contributed by atoms with Crippen LogP contribution < -0.4 is 27.6 Å². The molecule has 10 aromatic rings. The molecule has 1 aliphatic rings. The molecule has 0 bridgehead atoms. The summed E-state index contributed by atoms with van der Waals surface area (Å²) in [4.78, 5) is 17.5. The smallest absolute Gasteiger partial charge is 0.399 e. The second-order valence-electron chi connectivity index (χ2n) is 17.6. The number of nitrogen functional groups attached to an aromatic ring is 2. The van der Waals surface area contributed by atoms with Crippen LogP contribution in [-0.4, -0.2) is 57.5 Å². The first-order valence-corrected chi connectivity index (χ1v) is 23.2. The van der Waals surface area contributed by atoms with Gasteiger partial charge >= 0.3 is 7.12 Å². The Morgan fingerprint density at radius 3 is 1.50 bits per heavy atom. The molecule has 1 saturated heterocycles. The van der Waals surface area contributed by atoms with Crippen LogP contribution >= 0.6 is 11.6 Å². The van der Waals surface area contributed by atoms with Gasteiger partial charge in [-0.2, -0.15) is 4.98 Å². The molecule has 0 atom stereocenters. The van der Waals surface area contributed by atoms with Gasteiger partial charge in [0.15, 0.2) is 17.5 Å². The van der Waals surface area contributed by atoms with Crippen molar-refractivity contribution in [1.82, 2.24) is 39.2 Å². The van der Waals surface area contributed by atoms with Gasteiger partial charge in [-0.1, -0.05) is 121 Å². The maximum atomic E-state index is 6.08. The molecule has 0 saturated carbocycles. The van der Waals surface area contributed by atoms with Gasteiger partial charge in [-0.3, -0.25) is 9.97 Å². The van der Waals surface area contributed by atoms with Crippen molar-refractivity contribution in [3.05, 3.63) is 199 Å². The molecule has 70 heavy (non-hydrogen) atoms. The van der Waals surface area contributed by atoms with Gasteiger partial charge < -0.3 is 31.4 Å². The fourth-order valence-corrected chi connectivity index (χ4v) is 7.99. The Bertz CT molecular complexity index is 3320. The quantitative estimate of drug-likeness (QED) is 0.0955. The van der Waals surface area contributed by atoms with E-state index in [1.807, 2.05) is 136 Å². The van der Waals surface area contributed by atoms with Crippen molar-refractivity contribution in [1.29, 1.82) is 0 Å². The number of anilines is 4. The molecule has 4 aromatic carbocycles. The van der Waals surface area contributed by atoms with E-state index in [0.717, 1.165) is 55.9 Å². The Morgan fingerprint density at radius 1 is 0.543 bits per heavy atom. The van der Waals surface area contributed by atoms with E-state index >= 15 is 0 Å². The van der Waals surface area contributed by atoms with Gasteiger partial charge in [0, 0.05) is 78.1 Å². The first kappa shape index (κ1) is 47.0. The molecular weight excluding hydrogens is 895 g/mol. The fraction of sp³-hybridized carbons (Fsp3) is 0.148.